The fourth-order valence-corrected chi connectivity index (χ4v) is 2.71. The summed E-state index contributed by atoms with van der Waals surface area (Å²) in [4.78, 5) is 23.7. The zero-order valence-corrected chi connectivity index (χ0v) is 15.7. The van der Waals surface area contributed by atoms with Crippen molar-refractivity contribution in [3.8, 4) is 11.5 Å². The molecule has 3 aromatic rings. The van der Waals surface area contributed by atoms with Crippen molar-refractivity contribution in [3.63, 3.8) is 0 Å². The Morgan fingerprint density at radius 3 is 2.03 bits per heavy atom. The van der Waals surface area contributed by atoms with E-state index in [9.17, 15) is 14.7 Å². The van der Waals surface area contributed by atoms with E-state index in [4.69, 9.17) is 4.74 Å². The summed E-state index contributed by atoms with van der Waals surface area (Å²) in [6.45, 7) is 0.372. The second-order valence-corrected chi connectivity index (χ2v) is 6.45. The van der Waals surface area contributed by atoms with Gasteiger partial charge in [-0.15, -0.1) is 0 Å². The highest BCUT2D eigenvalue weighted by Crippen LogP contribution is 2.22. The molecule has 3 aromatic carbocycles. The molecule has 3 N–H and O–H groups in total. The molecule has 0 aliphatic rings. The van der Waals surface area contributed by atoms with Crippen LogP contribution in [0.25, 0.3) is 0 Å². The zero-order valence-electron chi connectivity index (χ0n) is 15.7. The van der Waals surface area contributed by atoms with E-state index in [1.807, 2.05) is 60.7 Å². The molecule has 0 fully saturated rings. The SMILES string of the molecule is O=C(CC(NCc1ccccc1)C(=O)O)Nc1ccc(Oc2ccccc2)cc1. The third-order valence-electron chi connectivity index (χ3n) is 4.20. The van der Waals surface area contributed by atoms with Gasteiger partial charge in [-0.05, 0) is 42.0 Å². The monoisotopic (exact) mass is 390 g/mol. The maximum atomic E-state index is 12.3. The topological polar surface area (TPSA) is 87.7 Å². The Morgan fingerprint density at radius 2 is 1.41 bits per heavy atom. The number of carbonyl (C=O) groups is 2. The van der Waals surface area contributed by atoms with Crippen LogP contribution in [-0.4, -0.2) is 23.0 Å². The first-order valence-corrected chi connectivity index (χ1v) is 9.23. The van der Waals surface area contributed by atoms with Crippen molar-refractivity contribution in [2.45, 2.75) is 19.0 Å². The molecule has 1 unspecified atom stereocenters. The van der Waals surface area contributed by atoms with E-state index in [0.29, 0.717) is 18.0 Å². The summed E-state index contributed by atoms with van der Waals surface area (Å²) in [5.41, 5.74) is 1.52. The highest BCUT2D eigenvalue weighted by molar-refractivity contribution is 5.94. The Hall–Kier alpha value is -3.64. The number of nitrogens with one attached hydrogen (secondary N) is 2. The lowest BCUT2D eigenvalue weighted by molar-refractivity contribution is -0.141. The van der Waals surface area contributed by atoms with Crippen molar-refractivity contribution in [2.24, 2.45) is 0 Å². The van der Waals surface area contributed by atoms with Crippen LogP contribution in [-0.2, 0) is 16.1 Å². The molecule has 0 aromatic heterocycles. The second-order valence-electron chi connectivity index (χ2n) is 6.45. The Kier molecular flexibility index (Phi) is 6.97. The molecular formula is C23H22N2O4. The summed E-state index contributed by atoms with van der Waals surface area (Å²) in [6.07, 6.45) is -0.176. The number of benzene rings is 3. The van der Waals surface area contributed by atoms with Gasteiger partial charge in [-0.2, -0.15) is 0 Å². The van der Waals surface area contributed by atoms with Crippen molar-refractivity contribution < 1.29 is 19.4 Å². The number of hydrogen-bond donors (Lipinski definition) is 3. The smallest absolute Gasteiger partial charge is 0.321 e. The minimum Gasteiger partial charge on any atom is -0.480 e. The minimum atomic E-state index is -1.07. The molecule has 0 aliphatic heterocycles. The number of carboxylic acids is 1. The molecule has 1 amide bonds. The van der Waals surface area contributed by atoms with Gasteiger partial charge in [0.2, 0.25) is 5.91 Å². The molecule has 0 radical (unpaired) electrons. The Morgan fingerprint density at radius 1 is 0.828 bits per heavy atom. The molecular weight excluding hydrogens is 368 g/mol. The normalized spacial score (nSPS) is 11.4. The predicted octanol–water partition coefficient (Wildman–Crippen LogP) is 4.05. The third-order valence-corrected chi connectivity index (χ3v) is 4.20. The minimum absolute atomic E-state index is 0.176. The molecule has 3 rings (SSSR count). The molecule has 0 saturated carbocycles. The number of amides is 1. The summed E-state index contributed by atoms with van der Waals surface area (Å²) in [6, 6.07) is 24.7. The van der Waals surface area contributed by atoms with Gasteiger partial charge in [-0.3, -0.25) is 14.9 Å². The molecule has 6 heteroatoms. The van der Waals surface area contributed by atoms with E-state index in [2.05, 4.69) is 10.6 Å². The van der Waals surface area contributed by atoms with Crippen LogP contribution in [0.5, 0.6) is 11.5 Å². The number of anilines is 1. The van der Waals surface area contributed by atoms with Gasteiger partial charge in [0.05, 0.1) is 6.42 Å². The number of carboxylic acid groups (broad SMARTS) is 1. The lowest BCUT2D eigenvalue weighted by Gasteiger charge is -2.14. The van der Waals surface area contributed by atoms with Gasteiger partial charge in [-0.25, -0.2) is 0 Å². The van der Waals surface area contributed by atoms with E-state index >= 15 is 0 Å². The van der Waals surface area contributed by atoms with Crippen molar-refractivity contribution >= 4 is 17.6 Å². The summed E-state index contributed by atoms with van der Waals surface area (Å²) >= 11 is 0. The van der Waals surface area contributed by atoms with Crippen LogP contribution in [0.3, 0.4) is 0 Å². The molecule has 6 nitrogen and oxygen atoms in total. The van der Waals surface area contributed by atoms with E-state index in [1.165, 1.54) is 0 Å². The predicted molar refractivity (Wildman–Crippen MR) is 111 cm³/mol. The lowest BCUT2D eigenvalue weighted by atomic mass is 10.1. The van der Waals surface area contributed by atoms with E-state index in [0.717, 1.165) is 11.3 Å². The summed E-state index contributed by atoms with van der Waals surface area (Å²) in [7, 11) is 0. The van der Waals surface area contributed by atoms with Crippen molar-refractivity contribution in [1.82, 2.24) is 5.32 Å². The van der Waals surface area contributed by atoms with Gasteiger partial charge >= 0.3 is 5.97 Å². The molecule has 0 saturated heterocycles. The fourth-order valence-electron chi connectivity index (χ4n) is 2.71. The molecule has 29 heavy (non-hydrogen) atoms. The fraction of sp³-hybridized carbons (Fsp3) is 0.130. The van der Waals surface area contributed by atoms with E-state index in [1.54, 1.807) is 24.3 Å². The molecule has 0 bridgehead atoms. The first kappa shape index (κ1) is 20.1. The molecule has 1 atom stereocenters. The maximum Gasteiger partial charge on any atom is 0.321 e. The van der Waals surface area contributed by atoms with Gasteiger partial charge in [0.15, 0.2) is 0 Å². The summed E-state index contributed by atoms with van der Waals surface area (Å²) in [5, 5.41) is 15.0. The van der Waals surface area contributed by atoms with E-state index in [-0.39, 0.29) is 12.3 Å². The largest absolute Gasteiger partial charge is 0.480 e. The summed E-state index contributed by atoms with van der Waals surface area (Å²) < 4.78 is 5.71. The Labute approximate surface area is 169 Å². The number of hydrogen-bond acceptors (Lipinski definition) is 4. The molecule has 0 aliphatic carbocycles. The standard InChI is InChI=1S/C23H22N2O4/c26-22(15-21(23(27)28)24-16-17-7-3-1-4-8-17)25-18-11-13-20(14-12-18)29-19-9-5-2-6-10-19/h1-14,21,24H,15-16H2,(H,25,26)(H,27,28). The van der Waals surface area contributed by atoms with Crippen LogP contribution in [0.2, 0.25) is 0 Å². The molecule has 0 spiro atoms. The Bertz CT molecular complexity index is 928. The second kappa shape index (κ2) is 10.1. The zero-order chi connectivity index (χ0) is 20.5. The van der Waals surface area contributed by atoms with Crippen molar-refractivity contribution in [2.75, 3.05) is 5.32 Å². The first-order chi connectivity index (χ1) is 14.1. The van der Waals surface area contributed by atoms with Gasteiger partial charge in [0.25, 0.3) is 0 Å². The van der Waals surface area contributed by atoms with Crippen LogP contribution < -0.4 is 15.4 Å². The number of carbonyl (C=O) groups excluding carboxylic acids is 1. The van der Waals surface area contributed by atoms with Gasteiger partial charge < -0.3 is 15.2 Å². The summed E-state index contributed by atoms with van der Waals surface area (Å²) in [5.74, 6) is -0.0856. The highest BCUT2D eigenvalue weighted by Gasteiger charge is 2.20. The Balaban J connectivity index is 1.52. The molecule has 0 heterocycles. The lowest BCUT2D eigenvalue weighted by Crippen LogP contribution is -2.39. The quantitative estimate of drug-likeness (QED) is 0.513. The average Bonchev–Trinajstić information content (AvgIpc) is 2.74. The van der Waals surface area contributed by atoms with Gasteiger partial charge in [0.1, 0.15) is 17.5 Å². The van der Waals surface area contributed by atoms with Gasteiger partial charge in [-0.1, -0.05) is 48.5 Å². The first-order valence-electron chi connectivity index (χ1n) is 9.23. The number of ether oxygens (including phenoxy) is 1. The number of para-hydroxylation sites is 1. The highest BCUT2D eigenvalue weighted by atomic mass is 16.5. The number of rotatable bonds is 9. The molecule has 148 valence electrons. The van der Waals surface area contributed by atoms with Gasteiger partial charge in [0, 0.05) is 12.2 Å². The maximum absolute atomic E-state index is 12.3. The van der Waals surface area contributed by atoms with Crippen LogP contribution >= 0.6 is 0 Å². The average molecular weight is 390 g/mol. The van der Waals surface area contributed by atoms with Crippen LogP contribution in [0, 0.1) is 0 Å². The van der Waals surface area contributed by atoms with Crippen molar-refractivity contribution in [1.29, 1.82) is 0 Å². The van der Waals surface area contributed by atoms with Crippen molar-refractivity contribution in [3.05, 3.63) is 90.5 Å². The van der Waals surface area contributed by atoms with Crippen LogP contribution in [0.4, 0.5) is 5.69 Å². The number of aliphatic carboxylic acids is 1. The van der Waals surface area contributed by atoms with Crippen LogP contribution in [0.15, 0.2) is 84.9 Å². The van der Waals surface area contributed by atoms with E-state index < -0.39 is 12.0 Å². The third kappa shape index (κ3) is 6.48. The van der Waals surface area contributed by atoms with Crippen LogP contribution in [0.1, 0.15) is 12.0 Å².